The number of hydrogen-bond donors (Lipinski definition) is 1. The van der Waals surface area contributed by atoms with Crippen molar-refractivity contribution in [1.82, 2.24) is 4.90 Å². The third-order valence-corrected chi connectivity index (χ3v) is 3.99. The summed E-state index contributed by atoms with van der Waals surface area (Å²) in [5.41, 5.74) is 4.88. The zero-order valence-electron chi connectivity index (χ0n) is 11.9. The number of likely N-dealkylation sites (tertiary alicyclic amines) is 1. The van der Waals surface area contributed by atoms with Crippen LogP contribution in [0, 0.1) is 5.92 Å². The van der Waals surface area contributed by atoms with Crippen molar-refractivity contribution >= 4 is 11.6 Å². The van der Waals surface area contributed by atoms with Gasteiger partial charge in [0.25, 0.3) is 5.91 Å². The van der Waals surface area contributed by atoms with Crippen molar-refractivity contribution in [3.8, 4) is 0 Å². The number of rotatable bonds is 2. The van der Waals surface area contributed by atoms with E-state index >= 15 is 0 Å². The van der Waals surface area contributed by atoms with Crippen molar-refractivity contribution in [2.75, 3.05) is 18.8 Å². The van der Waals surface area contributed by atoms with Gasteiger partial charge in [-0.3, -0.25) is 4.79 Å². The van der Waals surface area contributed by atoms with E-state index in [2.05, 4.69) is 6.92 Å². The van der Waals surface area contributed by atoms with Crippen LogP contribution in [-0.4, -0.2) is 23.9 Å². The fourth-order valence-corrected chi connectivity index (χ4v) is 2.67. The zero-order chi connectivity index (χ0) is 15.6. The molecule has 1 aliphatic rings. The molecule has 0 aliphatic carbocycles. The van der Waals surface area contributed by atoms with Gasteiger partial charge in [-0.15, -0.1) is 0 Å². The Morgan fingerprint density at radius 1 is 1.43 bits per heavy atom. The molecule has 0 saturated carbocycles. The SMILES string of the molecule is CCC1CCCN(C(=O)c2cc(C(F)(F)F)ccc2N)C1. The van der Waals surface area contributed by atoms with E-state index in [9.17, 15) is 18.0 Å². The van der Waals surface area contributed by atoms with Gasteiger partial charge in [0.1, 0.15) is 0 Å². The first-order valence-electron chi connectivity index (χ1n) is 7.09. The normalized spacial score (nSPS) is 19.6. The molecule has 2 rings (SSSR count). The quantitative estimate of drug-likeness (QED) is 0.849. The summed E-state index contributed by atoms with van der Waals surface area (Å²) in [5, 5.41) is 0. The van der Waals surface area contributed by atoms with E-state index in [1.807, 2.05) is 0 Å². The van der Waals surface area contributed by atoms with Gasteiger partial charge in [-0.1, -0.05) is 13.3 Å². The molecule has 1 aliphatic heterocycles. The number of nitrogen functional groups attached to an aromatic ring is 1. The number of benzene rings is 1. The largest absolute Gasteiger partial charge is 0.416 e. The summed E-state index contributed by atoms with van der Waals surface area (Å²) in [6, 6.07) is 2.90. The minimum atomic E-state index is -4.48. The van der Waals surface area contributed by atoms with Gasteiger partial charge >= 0.3 is 6.18 Å². The van der Waals surface area contributed by atoms with E-state index < -0.39 is 17.6 Å². The number of anilines is 1. The number of carbonyl (C=O) groups is 1. The number of halogens is 3. The first kappa shape index (κ1) is 15.7. The number of nitrogens with zero attached hydrogens (tertiary/aromatic N) is 1. The molecule has 1 atom stereocenters. The topological polar surface area (TPSA) is 46.3 Å². The van der Waals surface area contributed by atoms with Crippen LogP contribution in [0.2, 0.25) is 0 Å². The first-order valence-corrected chi connectivity index (χ1v) is 7.09. The van der Waals surface area contributed by atoms with Crippen LogP contribution in [0.1, 0.15) is 42.1 Å². The first-order chi connectivity index (χ1) is 9.82. The van der Waals surface area contributed by atoms with E-state index in [0.717, 1.165) is 37.5 Å². The lowest BCUT2D eigenvalue weighted by molar-refractivity contribution is -0.137. The van der Waals surface area contributed by atoms with Crippen LogP contribution in [0.4, 0.5) is 18.9 Å². The second kappa shape index (κ2) is 5.95. The van der Waals surface area contributed by atoms with Crippen LogP contribution in [0.3, 0.4) is 0 Å². The van der Waals surface area contributed by atoms with Gasteiger partial charge in [-0.25, -0.2) is 0 Å². The average molecular weight is 300 g/mol. The summed E-state index contributed by atoms with van der Waals surface area (Å²) in [6.07, 6.45) is -1.58. The average Bonchev–Trinajstić information content (AvgIpc) is 2.46. The molecule has 6 heteroatoms. The number of piperidine rings is 1. The smallest absolute Gasteiger partial charge is 0.398 e. The van der Waals surface area contributed by atoms with E-state index in [1.165, 1.54) is 0 Å². The highest BCUT2D eigenvalue weighted by Gasteiger charge is 2.32. The minimum Gasteiger partial charge on any atom is -0.398 e. The molecule has 3 nitrogen and oxygen atoms in total. The monoisotopic (exact) mass is 300 g/mol. The van der Waals surface area contributed by atoms with Crippen LogP contribution in [-0.2, 0) is 6.18 Å². The summed E-state index contributed by atoms with van der Waals surface area (Å²) >= 11 is 0. The molecule has 21 heavy (non-hydrogen) atoms. The van der Waals surface area contributed by atoms with Gasteiger partial charge in [0.05, 0.1) is 11.1 Å². The van der Waals surface area contributed by atoms with Crippen molar-refractivity contribution in [1.29, 1.82) is 0 Å². The number of alkyl halides is 3. The van der Waals surface area contributed by atoms with Gasteiger partial charge in [-0.2, -0.15) is 13.2 Å². The number of amides is 1. The lowest BCUT2D eigenvalue weighted by Gasteiger charge is -2.32. The second-order valence-electron chi connectivity index (χ2n) is 5.47. The van der Waals surface area contributed by atoms with Crippen molar-refractivity contribution in [2.24, 2.45) is 5.92 Å². The Morgan fingerprint density at radius 3 is 2.76 bits per heavy atom. The van der Waals surface area contributed by atoms with Gasteiger partial charge in [0.2, 0.25) is 0 Å². The Bertz CT molecular complexity index is 528. The number of hydrogen-bond acceptors (Lipinski definition) is 2. The van der Waals surface area contributed by atoms with E-state index in [-0.39, 0.29) is 11.3 Å². The minimum absolute atomic E-state index is 0.0541. The van der Waals surface area contributed by atoms with Crippen molar-refractivity contribution in [3.63, 3.8) is 0 Å². The molecular weight excluding hydrogens is 281 g/mol. The van der Waals surface area contributed by atoms with Crippen LogP contribution in [0.5, 0.6) is 0 Å². The lowest BCUT2D eigenvalue weighted by atomic mass is 9.95. The van der Waals surface area contributed by atoms with Crippen LogP contribution in [0.15, 0.2) is 18.2 Å². The predicted octanol–water partition coefficient (Wildman–Crippen LogP) is 3.55. The zero-order valence-corrected chi connectivity index (χ0v) is 11.9. The van der Waals surface area contributed by atoms with E-state index in [0.29, 0.717) is 19.0 Å². The molecule has 2 N–H and O–H groups in total. The van der Waals surface area contributed by atoms with Crippen molar-refractivity contribution in [2.45, 2.75) is 32.4 Å². The molecule has 1 fully saturated rings. The Balaban J connectivity index is 2.26. The van der Waals surface area contributed by atoms with Gasteiger partial charge < -0.3 is 10.6 Å². The van der Waals surface area contributed by atoms with Gasteiger partial charge in [0.15, 0.2) is 0 Å². The third-order valence-electron chi connectivity index (χ3n) is 3.99. The van der Waals surface area contributed by atoms with Crippen molar-refractivity contribution in [3.05, 3.63) is 29.3 Å². The van der Waals surface area contributed by atoms with Gasteiger partial charge in [-0.05, 0) is 37.0 Å². The molecule has 1 unspecified atom stereocenters. The predicted molar refractivity (Wildman–Crippen MR) is 74.8 cm³/mol. The highest BCUT2D eigenvalue weighted by molar-refractivity contribution is 5.99. The fraction of sp³-hybridized carbons (Fsp3) is 0.533. The summed E-state index contributed by atoms with van der Waals surface area (Å²) in [7, 11) is 0. The van der Waals surface area contributed by atoms with Crippen molar-refractivity contribution < 1.29 is 18.0 Å². The Hall–Kier alpha value is -1.72. The molecule has 1 aromatic rings. The molecule has 1 heterocycles. The number of carbonyl (C=O) groups excluding carboxylic acids is 1. The molecule has 0 aromatic heterocycles. The molecule has 1 aromatic carbocycles. The maximum Gasteiger partial charge on any atom is 0.416 e. The highest BCUT2D eigenvalue weighted by Crippen LogP contribution is 2.32. The summed E-state index contributed by atoms with van der Waals surface area (Å²) in [6.45, 7) is 3.22. The van der Waals surface area contributed by atoms with Crippen LogP contribution < -0.4 is 5.73 Å². The fourth-order valence-electron chi connectivity index (χ4n) is 2.67. The maximum absolute atomic E-state index is 12.8. The summed E-state index contributed by atoms with van der Waals surface area (Å²) in [5.74, 6) is 0.00599. The van der Waals surface area contributed by atoms with E-state index in [4.69, 9.17) is 5.73 Å². The molecule has 0 radical (unpaired) electrons. The molecule has 116 valence electrons. The second-order valence-corrected chi connectivity index (χ2v) is 5.47. The van der Waals surface area contributed by atoms with Gasteiger partial charge in [0, 0.05) is 18.8 Å². The number of nitrogens with two attached hydrogens (primary N) is 1. The Kier molecular flexibility index (Phi) is 4.44. The lowest BCUT2D eigenvalue weighted by Crippen LogP contribution is -2.40. The van der Waals surface area contributed by atoms with E-state index in [1.54, 1.807) is 4.90 Å². The molecule has 0 spiro atoms. The van der Waals surface area contributed by atoms with Crippen LogP contribution in [0.25, 0.3) is 0 Å². The third kappa shape index (κ3) is 3.49. The standard InChI is InChI=1S/C15H19F3N2O/c1-2-10-4-3-7-20(9-10)14(21)12-8-11(15(16,17)18)5-6-13(12)19/h5-6,8,10H,2-4,7,9,19H2,1H3. The molecule has 0 bridgehead atoms. The summed E-state index contributed by atoms with van der Waals surface area (Å²) < 4.78 is 38.3. The molecule has 1 saturated heterocycles. The molecule has 1 amide bonds. The summed E-state index contributed by atoms with van der Waals surface area (Å²) in [4.78, 5) is 14.1. The maximum atomic E-state index is 12.8. The Morgan fingerprint density at radius 2 is 2.14 bits per heavy atom. The Labute approximate surface area is 121 Å². The molecular formula is C15H19F3N2O. The van der Waals surface area contributed by atoms with Crippen LogP contribution >= 0.6 is 0 Å². The highest BCUT2D eigenvalue weighted by atomic mass is 19.4.